The van der Waals surface area contributed by atoms with Gasteiger partial charge in [-0.05, 0) is 26.3 Å². The fourth-order valence-corrected chi connectivity index (χ4v) is 2.21. The highest BCUT2D eigenvalue weighted by atomic mass is 16.1. The molecule has 0 aromatic carbocycles. The molecule has 92 valence electrons. The maximum absolute atomic E-state index is 11.5. The molecule has 0 aliphatic carbocycles. The average Bonchev–Trinajstić information content (AvgIpc) is 2.76. The minimum atomic E-state index is 0.0596. The molecule has 1 aromatic rings. The van der Waals surface area contributed by atoms with Gasteiger partial charge in [-0.3, -0.25) is 4.79 Å². The summed E-state index contributed by atoms with van der Waals surface area (Å²) in [5, 5.41) is 2.70. The van der Waals surface area contributed by atoms with E-state index in [9.17, 15) is 4.79 Å². The van der Waals surface area contributed by atoms with Crippen LogP contribution in [0, 0.1) is 19.8 Å². The number of anilines is 1. The zero-order valence-corrected chi connectivity index (χ0v) is 10.5. The lowest BCUT2D eigenvalue weighted by Gasteiger charge is -2.16. The largest absolute Gasteiger partial charge is 0.359 e. The molecular formula is C12H18N4O. The van der Waals surface area contributed by atoms with Crippen molar-refractivity contribution in [2.75, 3.05) is 25.0 Å². The van der Waals surface area contributed by atoms with Crippen LogP contribution in [0.15, 0.2) is 6.07 Å². The predicted molar refractivity (Wildman–Crippen MR) is 65.9 cm³/mol. The molecule has 1 aliphatic rings. The predicted octanol–water partition coefficient (Wildman–Crippen LogP) is 0.666. The topological polar surface area (TPSA) is 58.1 Å². The number of rotatable bonds is 2. The summed E-state index contributed by atoms with van der Waals surface area (Å²) in [5.41, 5.74) is 1.94. The van der Waals surface area contributed by atoms with Gasteiger partial charge in [-0.15, -0.1) is 0 Å². The number of carbonyl (C=O) groups excluding carboxylic acids is 1. The van der Waals surface area contributed by atoms with Gasteiger partial charge in [-0.25, -0.2) is 9.97 Å². The molecule has 0 spiro atoms. The van der Waals surface area contributed by atoms with E-state index < -0.39 is 0 Å². The second-order valence-electron chi connectivity index (χ2n) is 4.50. The molecule has 1 fully saturated rings. The van der Waals surface area contributed by atoms with Crippen LogP contribution in [-0.4, -0.2) is 36.0 Å². The molecule has 17 heavy (non-hydrogen) atoms. The number of nitrogens with one attached hydrogen (secondary N) is 1. The Labute approximate surface area is 101 Å². The SMILES string of the molecule is CNC(=O)[C@@H]1CCN(c2nc(C)cc(C)n2)C1. The lowest BCUT2D eigenvalue weighted by atomic mass is 10.1. The lowest BCUT2D eigenvalue weighted by molar-refractivity contribution is -0.123. The van der Waals surface area contributed by atoms with Crippen LogP contribution in [0.1, 0.15) is 17.8 Å². The number of carbonyl (C=O) groups is 1. The standard InChI is InChI=1S/C12H18N4O/c1-8-6-9(2)15-12(14-8)16-5-4-10(7-16)11(17)13-3/h6,10H,4-5,7H2,1-3H3,(H,13,17)/t10-/m1/s1. The zero-order valence-electron chi connectivity index (χ0n) is 10.5. The van der Waals surface area contributed by atoms with E-state index in [1.54, 1.807) is 7.05 Å². The van der Waals surface area contributed by atoms with Gasteiger partial charge >= 0.3 is 0 Å². The summed E-state index contributed by atoms with van der Waals surface area (Å²) < 4.78 is 0. The molecule has 1 N–H and O–H groups in total. The maximum Gasteiger partial charge on any atom is 0.225 e. The normalized spacial score (nSPS) is 19.5. The number of amides is 1. The molecule has 0 saturated carbocycles. The van der Waals surface area contributed by atoms with E-state index in [1.165, 1.54) is 0 Å². The van der Waals surface area contributed by atoms with E-state index in [-0.39, 0.29) is 11.8 Å². The van der Waals surface area contributed by atoms with Gasteiger partial charge in [-0.1, -0.05) is 0 Å². The summed E-state index contributed by atoms with van der Waals surface area (Å²) in [6.07, 6.45) is 0.871. The Morgan fingerprint density at radius 2 is 2.06 bits per heavy atom. The van der Waals surface area contributed by atoms with Crippen LogP contribution in [0.25, 0.3) is 0 Å². The van der Waals surface area contributed by atoms with E-state index in [0.29, 0.717) is 6.54 Å². The number of hydrogen-bond acceptors (Lipinski definition) is 4. The van der Waals surface area contributed by atoms with Gasteiger partial charge < -0.3 is 10.2 Å². The molecule has 5 nitrogen and oxygen atoms in total. The van der Waals surface area contributed by atoms with Crippen molar-refractivity contribution in [3.05, 3.63) is 17.5 Å². The van der Waals surface area contributed by atoms with Crippen LogP contribution < -0.4 is 10.2 Å². The molecule has 1 aliphatic heterocycles. The van der Waals surface area contributed by atoms with E-state index >= 15 is 0 Å². The van der Waals surface area contributed by atoms with Gasteiger partial charge in [0.15, 0.2) is 0 Å². The summed E-state index contributed by atoms with van der Waals surface area (Å²) in [6, 6.07) is 1.95. The average molecular weight is 234 g/mol. The van der Waals surface area contributed by atoms with Crippen molar-refractivity contribution < 1.29 is 4.79 Å². The lowest BCUT2D eigenvalue weighted by Crippen LogP contribution is -2.30. The highest BCUT2D eigenvalue weighted by Crippen LogP contribution is 2.21. The van der Waals surface area contributed by atoms with Crippen LogP contribution in [0.5, 0.6) is 0 Å². The second-order valence-corrected chi connectivity index (χ2v) is 4.50. The smallest absolute Gasteiger partial charge is 0.225 e. The fourth-order valence-electron chi connectivity index (χ4n) is 2.21. The second kappa shape index (κ2) is 4.69. The molecule has 1 atom stereocenters. The maximum atomic E-state index is 11.5. The molecule has 1 amide bonds. The van der Waals surface area contributed by atoms with Crippen LogP contribution in [0.3, 0.4) is 0 Å². The third-order valence-electron chi connectivity index (χ3n) is 3.06. The Balaban J connectivity index is 2.12. The first kappa shape index (κ1) is 11.8. The van der Waals surface area contributed by atoms with Crippen LogP contribution >= 0.6 is 0 Å². The molecule has 2 heterocycles. The van der Waals surface area contributed by atoms with Crippen molar-refractivity contribution >= 4 is 11.9 Å². The Bertz CT molecular complexity index is 412. The van der Waals surface area contributed by atoms with Gasteiger partial charge in [0.1, 0.15) is 0 Å². The van der Waals surface area contributed by atoms with Crippen molar-refractivity contribution in [1.29, 1.82) is 0 Å². The van der Waals surface area contributed by atoms with Gasteiger partial charge in [0.25, 0.3) is 0 Å². The Hall–Kier alpha value is -1.65. The van der Waals surface area contributed by atoms with Gasteiger partial charge in [-0.2, -0.15) is 0 Å². The van der Waals surface area contributed by atoms with E-state index in [2.05, 4.69) is 20.2 Å². The van der Waals surface area contributed by atoms with Gasteiger partial charge in [0.2, 0.25) is 11.9 Å². The number of hydrogen-bond donors (Lipinski definition) is 1. The highest BCUT2D eigenvalue weighted by molar-refractivity contribution is 5.79. The van der Waals surface area contributed by atoms with Crippen molar-refractivity contribution in [3.63, 3.8) is 0 Å². The van der Waals surface area contributed by atoms with E-state index in [0.717, 1.165) is 30.3 Å². The summed E-state index contributed by atoms with van der Waals surface area (Å²) in [7, 11) is 1.68. The molecular weight excluding hydrogens is 216 g/mol. The molecule has 2 rings (SSSR count). The first-order valence-corrected chi connectivity index (χ1v) is 5.89. The van der Waals surface area contributed by atoms with E-state index in [4.69, 9.17) is 0 Å². The Kier molecular flexibility index (Phi) is 3.26. The van der Waals surface area contributed by atoms with E-state index in [1.807, 2.05) is 19.9 Å². The van der Waals surface area contributed by atoms with Gasteiger partial charge in [0.05, 0.1) is 5.92 Å². The first-order chi connectivity index (χ1) is 8.10. The van der Waals surface area contributed by atoms with Gasteiger partial charge in [0, 0.05) is 31.5 Å². The Morgan fingerprint density at radius 3 is 2.65 bits per heavy atom. The van der Waals surface area contributed by atoms with Crippen molar-refractivity contribution in [1.82, 2.24) is 15.3 Å². The summed E-state index contributed by atoms with van der Waals surface area (Å²) in [5.74, 6) is 0.912. The third-order valence-corrected chi connectivity index (χ3v) is 3.06. The van der Waals surface area contributed by atoms with Crippen LogP contribution in [-0.2, 0) is 4.79 Å². The summed E-state index contributed by atoms with van der Waals surface area (Å²) in [4.78, 5) is 22.5. The quantitative estimate of drug-likeness (QED) is 0.817. The third kappa shape index (κ3) is 2.54. The molecule has 0 bridgehead atoms. The first-order valence-electron chi connectivity index (χ1n) is 5.89. The molecule has 1 aromatic heterocycles. The van der Waals surface area contributed by atoms with Crippen LogP contribution in [0.2, 0.25) is 0 Å². The molecule has 5 heteroatoms. The number of aromatic nitrogens is 2. The highest BCUT2D eigenvalue weighted by Gasteiger charge is 2.29. The van der Waals surface area contributed by atoms with Crippen molar-refractivity contribution in [2.45, 2.75) is 20.3 Å². The number of aryl methyl sites for hydroxylation is 2. The Morgan fingerprint density at radius 1 is 1.41 bits per heavy atom. The zero-order chi connectivity index (χ0) is 12.4. The van der Waals surface area contributed by atoms with Crippen molar-refractivity contribution in [2.24, 2.45) is 5.92 Å². The number of nitrogens with zero attached hydrogens (tertiary/aromatic N) is 3. The molecule has 0 unspecified atom stereocenters. The summed E-state index contributed by atoms with van der Waals surface area (Å²) >= 11 is 0. The monoisotopic (exact) mass is 234 g/mol. The minimum absolute atomic E-state index is 0.0596. The molecule has 1 saturated heterocycles. The molecule has 0 radical (unpaired) electrons. The van der Waals surface area contributed by atoms with Crippen molar-refractivity contribution in [3.8, 4) is 0 Å². The van der Waals surface area contributed by atoms with Crippen LogP contribution in [0.4, 0.5) is 5.95 Å². The minimum Gasteiger partial charge on any atom is -0.359 e. The fraction of sp³-hybridized carbons (Fsp3) is 0.583. The summed E-state index contributed by atoms with van der Waals surface area (Å²) in [6.45, 7) is 5.48.